The maximum absolute atomic E-state index is 7.64. The van der Waals surface area contributed by atoms with E-state index in [-0.39, 0.29) is 4.32 Å². The van der Waals surface area contributed by atoms with Crippen molar-refractivity contribution in [2.45, 2.75) is 27.1 Å². The highest BCUT2D eigenvalue weighted by atomic mass is 32.2. The van der Waals surface area contributed by atoms with E-state index in [1.54, 1.807) is 4.90 Å². The van der Waals surface area contributed by atoms with Gasteiger partial charge in [0.25, 0.3) is 0 Å². The minimum absolute atomic E-state index is 0.165. The van der Waals surface area contributed by atoms with Crippen molar-refractivity contribution in [3.8, 4) is 0 Å². The Morgan fingerprint density at radius 3 is 2.73 bits per heavy atom. The molecule has 0 aliphatic carbocycles. The molecular formula is C8H17NS2. The molecule has 0 radical (unpaired) electrons. The van der Waals surface area contributed by atoms with Crippen molar-refractivity contribution in [2.24, 2.45) is 0 Å². The Hall–Kier alpha value is 0.240. The summed E-state index contributed by atoms with van der Waals surface area (Å²) in [5.41, 5.74) is -2.61. The van der Waals surface area contributed by atoms with Crippen molar-refractivity contribution < 1.29 is 9.60 Å². The predicted octanol–water partition coefficient (Wildman–Crippen LogP) is 2.76. The van der Waals surface area contributed by atoms with Gasteiger partial charge in [0, 0.05) is 22.7 Å². The van der Waals surface area contributed by atoms with Gasteiger partial charge in [0.05, 0.1) is 0 Å². The number of thioether (sulfide) groups is 1. The number of rotatable bonds is 4. The van der Waals surface area contributed by atoms with Crippen LogP contribution >= 0.6 is 24.0 Å². The highest BCUT2D eigenvalue weighted by molar-refractivity contribution is 8.22. The lowest BCUT2D eigenvalue weighted by atomic mass is 10.6. The summed E-state index contributed by atoms with van der Waals surface area (Å²) in [7, 11) is 0. The van der Waals surface area contributed by atoms with Crippen LogP contribution in [-0.2, 0) is 0 Å². The van der Waals surface area contributed by atoms with E-state index in [9.17, 15) is 0 Å². The van der Waals surface area contributed by atoms with Crippen LogP contribution in [0.4, 0.5) is 0 Å². The molecule has 0 amide bonds. The predicted molar refractivity (Wildman–Crippen MR) is 58.3 cm³/mol. The van der Waals surface area contributed by atoms with Crippen LogP contribution in [0.3, 0.4) is 0 Å². The molecule has 11 heavy (non-hydrogen) atoms. The zero-order chi connectivity index (χ0) is 14.8. The van der Waals surface area contributed by atoms with Crippen LogP contribution in [0.25, 0.3) is 0 Å². The van der Waals surface area contributed by atoms with Gasteiger partial charge in [0.1, 0.15) is 4.32 Å². The first-order valence-corrected chi connectivity index (χ1v) is 4.61. The first-order chi connectivity index (χ1) is 7.90. The highest BCUT2D eigenvalue weighted by Gasteiger charge is 2.03. The Labute approximate surface area is 89.4 Å². The maximum atomic E-state index is 7.64. The maximum Gasteiger partial charge on any atom is 0.136 e. The van der Waals surface area contributed by atoms with Crippen LogP contribution in [0, 0.1) is 0 Å². The molecule has 1 nitrogen and oxygen atoms in total. The lowest BCUT2D eigenvalue weighted by molar-refractivity contribution is 0.482. The van der Waals surface area contributed by atoms with E-state index in [1.165, 1.54) is 0 Å². The normalized spacial score (nSPS) is 22.9. The van der Waals surface area contributed by atoms with Gasteiger partial charge in [0.15, 0.2) is 0 Å². The van der Waals surface area contributed by atoms with Gasteiger partial charge in [-0.05, 0) is 25.9 Å². The van der Waals surface area contributed by atoms with Gasteiger partial charge < -0.3 is 4.90 Å². The Morgan fingerprint density at radius 2 is 2.27 bits per heavy atom. The zero-order valence-corrected chi connectivity index (χ0v) is 8.31. The molecule has 0 atom stereocenters. The molecule has 0 aliphatic heterocycles. The molecule has 0 saturated heterocycles. The average molecular weight is 198 g/mol. The second kappa shape index (κ2) is 6.92. The van der Waals surface area contributed by atoms with Crippen LogP contribution < -0.4 is 0 Å². The lowest BCUT2D eigenvalue weighted by Crippen LogP contribution is -2.26. The molecule has 66 valence electrons. The Balaban J connectivity index is 5.02. The number of nitrogens with zero attached hydrogens (tertiary/aromatic N) is 1. The summed E-state index contributed by atoms with van der Waals surface area (Å²) in [6, 6.07) is 0. The molecule has 0 N–H and O–H groups in total. The SMILES string of the molecule is [2H]C([2H])([2H])C([2H])([2H])C([2H])([2H])SC(=S)N(CC)CC. The van der Waals surface area contributed by atoms with Gasteiger partial charge >= 0.3 is 0 Å². The fourth-order valence-corrected chi connectivity index (χ4v) is 1.52. The summed E-state index contributed by atoms with van der Waals surface area (Å²) >= 11 is 5.46. The largest absolute Gasteiger partial charge is 0.358 e. The van der Waals surface area contributed by atoms with E-state index in [0.717, 1.165) is 0 Å². The fourth-order valence-electron chi connectivity index (χ4n) is 0.616. The molecule has 0 saturated carbocycles. The van der Waals surface area contributed by atoms with Crippen molar-refractivity contribution in [3.05, 3.63) is 0 Å². The van der Waals surface area contributed by atoms with E-state index >= 15 is 0 Å². The summed E-state index contributed by atoms with van der Waals surface area (Å²) in [6.07, 6.45) is -2.97. The monoisotopic (exact) mass is 198 g/mol. The third-order valence-electron chi connectivity index (χ3n) is 1.21. The number of thiocarbonyl (C=S) groups is 1. The molecule has 0 rings (SSSR count). The summed E-state index contributed by atoms with van der Waals surface area (Å²) in [5, 5.41) is 0. The quantitative estimate of drug-likeness (QED) is 0.640. The van der Waals surface area contributed by atoms with Crippen LogP contribution in [-0.4, -0.2) is 28.0 Å². The first kappa shape index (κ1) is 3.97. The second-order valence-electron chi connectivity index (χ2n) is 1.77. The van der Waals surface area contributed by atoms with Crippen LogP contribution in [0.15, 0.2) is 0 Å². The second-order valence-corrected chi connectivity index (χ2v) is 3.21. The summed E-state index contributed by atoms with van der Waals surface area (Å²) in [6.45, 7) is 1.77. The molecule has 0 heterocycles. The van der Waals surface area contributed by atoms with Crippen molar-refractivity contribution in [3.63, 3.8) is 0 Å². The molecular weight excluding hydrogens is 174 g/mol. The Morgan fingerprint density at radius 1 is 1.64 bits per heavy atom. The highest BCUT2D eigenvalue weighted by Crippen LogP contribution is 2.09. The lowest BCUT2D eigenvalue weighted by Gasteiger charge is -2.20. The van der Waals surface area contributed by atoms with Crippen LogP contribution in [0.5, 0.6) is 0 Å². The third kappa shape index (κ3) is 4.64. The Bertz CT molecular complexity index is 298. The van der Waals surface area contributed by atoms with E-state index < -0.39 is 18.9 Å². The van der Waals surface area contributed by atoms with Crippen LogP contribution in [0.1, 0.15) is 36.7 Å². The minimum Gasteiger partial charge on any atom is -0.358 e. The van der Waals surface area contributed by atoms with Gasteiger partial charge in [-0.1, -0.05) is 30.8 Å². The van der Waals surface area contributed by atoms with E-state index in [4.69, 9.17) is 21.8 Å². The standard InChI is InChI=1S/C8H17NS2/c1-4-7-11-8(10)9(5-2)6-3/h4-7H2,1-3H3/i1D3,4D2,7D2. The number of hydrogen-bond donors (Lipinski definition) is 0. The molecule has 0 aromatic heterocycles. The van der Waals surface area contributed by atoms with Crippen molar-refractivity contribution in [1.82, 2.24) is 4.90 Å². The van der Waals surface area contributed by atoms with Crippen molar-refractivity contribution >= 4 is 28.3 Å². The third-order valence-corrected chi connectivity index (χ3v) is 2.36. The van der Waals surface area contributed by atoms with E-state index in [2.05, 4.69) is 0 Å². The molecule has 0 spiro atoms. The Kier molecular flexibility index (Phi) is 2.49. The first-order valence-electron chi connectivity index (χ1n) is 6.88. The van der Waals surface area contributed by atoms with Gasteiger partial charge in [-0.2, -0.15) is 0 Å². The van der Waals surface area contributed by atoms with Gasteiger partial charge in [-0.3, -0.25) is 0 Å². The molecule has 0 aliphatic rings. The molecule has 0 aromatic carbocycles. The van der Waals surface area contributed by atoms with Crippen molar-refractivity contribution in [2.75, 3.05) is 18.8 Å². The van der Waals surface area contributed by atoms with Crippen LogP contribution in [0.2, 0.25) is 0 Å². The number of hydrogen-bond acceptors (Lipinski definition) is 2. The van der Waals surface area contributed by atoms with Gasteiger partial charge in [0.2, 0.25) is 0 Å². The molecule has 0 fully saturated rings. The fraction of sp³-hybridized carbons (Fsp3) is 0.875. The molecule has 0 unspecified atom stereocenters. The van der Waals surface area contributed by atoms with Gasteiger partial charge in [-0.15, -0.1) is 0 Å². The smallest absolute Gasteiger partial charge is 0.136 e. The molecule has 3 heteroatoms. The zero-order valence-electron chi connectivity index (χ0n) is 13.7. The average Bonchev–Trinajstić information content (AvgIpc) is 2.16. The topological polar surface area (TPSA) is 3.24 Å². The molecule has 0 aromatic rings. The summed E-state index contributed by atoms with van der Waals surface area (Å²) in [4.78, 5) is 1.67. The minimum atomic E-state index is -3.04. The van der Waals surface area contributed by atoms with E-state index in [1.807, 2.05) is 13.8 Å². The summed E-state index contributed by atoms with van der Waals surface area (Å²) < 4.78 is 51.6. The van der Waals surface area contributed by atoms with E-state index in [0.29, 0.717) is 24.9 Å². The van der Waals surface area contributed by atoms with Gasteiger partial charge in [-0.25, -0.2) is 0 Å². The summed E-state index contributed by atoms with van der Waals surface area (Å²) in [5.74, 6) is 0. The molecule has 0 bridgehead atoms. The van der Waals surface area contributed by atoms with Crippen molar-refractivity contribution in [1.29, 1.82) is 0 Å².